The summed E-state index contributed by atoms with van der Waals surface area (Å²) in [5.74, 6) is -4.26. The van der Waals surface area contributed by atoms with E-state index in [0.29, 0.717) is 0 Å². The maximum absolute atomic E-state index is 12.2. The van der Waals surface area contributed by atoms with Crippen molar-refractivity contribution in [3.8, 4) is 0 Å². The molecule has 0 radical (unpaired) electrons. The van der Waals surface area contributed by atoms with Crippen molar-refractivity contribution in [1.82, 2.24) is 0 Å². The van der Waals surface area contributed by atoms with Crippen LogP contribution in [0, 0.1) is 0 Å². The molecular formula is C24H39Cl3O16. The molecule has 0 aromatic heterocycles. The summed E-state index contributed by atoms with van der Waals surface area (Å²) in [6, 6.07) is 0. The predicted octanol–water partition coefficient (Wildman–Crippen LogP) is -3.57. The molecule has 9 N–H and O–H groups in total. The molecule has 13 atom stereocenters. The van der Waals surface area contributed by atoms with E-state index in [2.05, 4.69) is 0 Å². The Bertz CT molecular complexity index is 874. The Morgan fingerprint density at radius 3 is 1.95 bits per heavy atom. The standard InChI is InChI=1S/C24H39Cl3O16/c25-5-12-19(35)22(38)24(9-26,42-12)43-23-21(37)20(36)16(27)13(41-23)8-40-15(32)4-2-1-3-14(31)39-7-11(30)18(34)17(33)10(29)6-28/h10-13,16-23,28-30,33-38H,1-9H2/t10-,11-,12-,13?,16+,17-,18-,19?,20?,21?,22?,23-,24+/m1/s1. The third-order valence-corrected chi connectivity index (χ3v) is 8.16. The van der Waals surface area contributed by atoms with Crippen molar-refractivity contribution in [3.05, 3.63) is 0 Å². The van der Waals surface area contributed by atoms with E-state index in [9.17, 15) is 50.4 Å². The minimum absolute atomic E-state index is 0.141. The van der Waals surface area contributed by atoms with Gasteiger partial charge in [-0.25, -0.2) is 0 Å². The van der Waals surface area contributed by atoms with Gasteiger partial charge in [-0.1, -0.05) is 0 Å². The van der Waals surface area contributed by atoms with Crippen molar-refractivity contribution in [2.75, 3.05) is 31.6 Å². The van der Waals surface area contributed by atoms with Crippen LogP contribution in [0.5, 0.6) is 0 Å². The van der Waals surface area contributed by atoms with E-state index in [1.54, 1.807) is 0 Å². The van der Waals surface area contributed by atoms with Gasteiger partial charge in [-0.3, -0.25) is 9.59 Å². The Morgan fingerprint density at radius 2 is 1.42 bits per heavy atom. The number of carbonyl (C=O) groups excluding carboxylic acids is 2. The van der Waals surface area contributed by atoms with Gasteiger partial charge in [-0.05, 0) is 12.8 Å². The summed E-state index contributed by atoms with van der Waals surface area (Å²) in [4.78, 5) is 24.1. The lowest BCUT2D eigenvalue weighted by molar-refractivity contribution is -0.357. The first-order chi connectivity index (χ1) is 20.2. The number of hydrogen-bond donors (Lipinski definition) is 9. The van der Waals surface area contributed by atoms with Crippen LogP contribution in [0.1, 0.15) is 25.7 Å². The Balaban J connectivity index is 1.77. The maximum atomic E-state index is 12.2. The smallest absolute Gasteiger partial charge is 0.305 e. The highest BCUT2D eigenvalue weighted by Crippen LogP contribution is 2.38. The average Bonchev–Trinajstić information content (AvgIpc) is 3.25. The highest BCUT2D eigenvalue weighted by Gasteiger charge is 2.58. The van der Waals surface area contributed by atoms with Gasteiger partial charge in [0, 0.05) is 12.8 Å². The van der Waals surface area contributed by atoms with Crippen LogP contribution >= 0.6 is 34.8 Å². The zero-order valence-corrected chi connectivity index (χ0v) is 25.1. The molecule has 19 heteroatoms. The summed E-state index contributed by atoms with van der Waals surface area (Å²) in [5.41, 5.74) is 0. The van der Waals surface area contributed by atoms with E-state index >= 15 is 0 Å². The molecule has 0 aromatic rings. The number of aliphatic hydroxyl groups is 9. The number of esters is 2. The van der Waals surface area contributed by atoms with Crippen molar-refractivity contribution < 1.29 is 79.2 Å². The number of aliphatic hydroxyl groups excluding tert-OH is 9. The quantitative estimate of drug-likeness (QED) is 0.0406. The highest BCUT2D eigenvalue weighted by molar-refractivity contribution is 6.21. The van der Waals surface area contributed by atoms with Crippen LogP contribution in [0.4, 0.5) is 0 Å². The third kappa shape index (κ3) is 10.2. The van der Waals surface area contributed by atoms with Gasteiger partial charge in [0.05, 0.1) is 23.7 Å². The lowest BCUT2D eigenvalue weighted by atomic mass is 10.0. The molecule has 0 saturated carbocycles. The monoisotopic (exact) mass is 688 g/mol. The summed E-state index contributed by atoms with van der Waals surface area (Å²) in [6.07, 6.45) is -17.5. The van der Waals surface area contributed by atoms with Gasteiger partial charge in [0.15, 0.2) is 6.29 Å². The fourth-order valence-corrected chi connectivity index (χ4v) is 5.05. The van der Waals surface area contributed by atoms with E-state index in [1.165, 1.54) is 0 Å². The summed E-state index contributed by atoms with van der Waals surface area (Å²) < 4.78 is 26.6. The molecule has 0 aromatic carbocycles. The van der Waals surface area contributed by atoms with Crippen LogP contribution in [-0.4, -0.2) is 168 Å². The summed E-state index contributed by atoms with van der Waals surface area (Å²) in [7, 11) is 0. The van der Waals surface area contributed by atoms with Crippen molar-refractivity contribution in [3.63, 3.8) is 0 Å². The first kappa shape index (κ1) is 38.5. The van der Waals surface area contributed by atoms with E-state index < -0.39 is 116 Å². The third-order valence-electron chi connectivity index (χ3n) is 6.94. The van der Waals surface area contributed by atoms with Gasteiger partial charge in [0.2, 0.25) is 5.79 Å². The van der Waals surface area contributed by atoms with Crippen molar-refractivity contribution in [2.45, 2.75) is 104 Å². The van der Waals surface area contributed by atoms with Gasteiger partial charge in [-0.2, -0.15) is 0 Å². The van der Waals surface area contributed by atoms with Crippen molar-refractivity contribution in [1.29, 1.82) is 0 Å². The number of alkyl halides is 3. The largest absolute Gasteiger partial charge is 0.463 e. The lowest BCUT2D eigenvalue weighted by Crippen LogP contribution is -2.61. The minimum atomic E-state index is -2.05. The van der Waals surface area contributed by atoms with Crippen molar-refractivity contribution in [2.24, 2.45) is 0 Å². The summed E-state index contributed by atoms with van der Waals surface area (Å²) in [6.45, 7) is -2.01. The topological polar surface area (TPSA) is 262 Å². The molecule has 2 rings (SSSR count). The molecule has 0 spiro atoms. The molecule has 16 nitrogen and oxygen atoms in total. The lowest BCUT2D eigenvalue weighted by Gasteiger charge is -2.43. The molecule has 0 amide bonds. The van der Waals surface area contributed by atoms with Crippen LogP contribution in [0.3, 0.4) is 0 Å². The first-order valence-corrected chi connectivity index (χ1v) is 14.9. The normalized spacial score (nSPS) is 35.6. The zero-order valence-electron chi connectivity index (χ0n) is 22.8. The molecule has 2 saturated heterocycles. The molecule has 0 aliphatic carbocycles. The second kappa shape index (κ2) is 17.9. The SMILES string of the molecule is O=C(CCCCC(=O)OC[C@@H](O)[C@@H](O)[C@H](O)[C@H](O)CO)OCC1O[C@H](O[C@]2(CCl)O[C@H](CCl)C(O)C2O)C(O)C(O)[C@H]1Cl. The molecular weight excluding hydrogens is 651 g/mol. The summed E-state index contributed by atoms with van der Waals surface area (Å²) in [5, 5.41) is 87.2. The fourth-order valence-electron chi connectivity index (χ4n) is 4.24. The predicted molar refractivity (Wildman–Crippen MR) is 144 cm³/mol. The molecule has 0 bridgehead atoms. The number of rotatable bonds is 17. The van der Waals surface area contributed by atoms with Gasteiger partial charge in [-0.15, -0.1) is 34.8 Å². The summed E-state index contributed by atoms with van der Waals surface area (Å²) >= 11 is 17.8. The van der Waals surface area contributed by atoms with Crippen LogP contribution in [0.15, 0.2) is 0 Å². The van der Waals surface area contributed by atoms with Crippen LogP contribution < -0.4 is 0 Å². The number of unbranched alkanes of at least 4 members (excludes halogenated alkanes) is 1. The molecule has 2 heterocycles. The molecule has 5 unspecified atom stereocenters. The second-order valence-corrected chi connectivity index (χ2v) is 11.2. The van der Waals surface area contributed by atoms with E-state index in [1.807, 2.05) is 0 Å². The Hall–Kier alpha value is -0.670. The van der Waals surface area contributed by atoms with Gasteiger partial charge >= 0.3 is 11.9 Å². The number of carbonyl (C=O) groups is 2. The first-order valence-electron chi connectivity index (χ1n) is 13.4. The minimum Gasteiger partial charge on any atom is -0.463 e. The zero-order chi connectivity index (χ0) is 32.5. The average molecular weight is 690 g/mol. The van der Waals surface area contributed by atoms with E-state index in [0.717, 1.165) is 0 Å². The van der Waals surface area contributed by atoms with Crippen LogP contribution in [0.2, 0.25) is 0 Å². The Morgan fingerprint density at radius 1 is 0.837 bits per heavy atom. The molecule has 43 heavy (non-hydrogen) atoms. The number of halogens is 3. The van der Waals surface area contributed by atoms with Crippen LogP contribution in [0.25, 0.3) is 0 Å². The number of hydrogen-bond acceptors (Lipinski definition) is 16. The second-order valence-electron chi connectivity index (χ2n) is 10.1. The van der Waals surface area contributed by atoms with Gasteiger partial charge < -0.3 is 69.6 Å². The van der Waals surface area contributed by atoms with Gasteiger partial charge in [0.1, 0.15) is 74.3 Å². The van der Waals surface area contributed by atoms with Crippen molar-refractivity contribution >= 4 is 46.7 Å². The van der Waals surface area contributed by atoms with E-state index in [4.69, 9.17) is 63.6 Å². The molecule has 2 fully saturated rings. The number of ether oxygens (including phenoxy) is 5. The Labute approximate surface area is 261 Å². The van der Waals surface area contributed by atoms with Crippen LogP contribution in [-0.2, 0) is 33.3 Å². The van der Waals surface area contributed by atoms with E-state index in [-0.39, 0.29) is 31.6 Å². The Kier molecular flexibility index (Phi) is 16.0. The molecule has 2 aliphatic heterocycles. The molecule has 252 valence electrons. The fraction of sp³-hybridized carbons (Fsp3) is 0.917. The maximum Gasteiger partial charge on any atom is 0.305 e. The molecule has 2 aliphatic rings. The highest BCUT2D eigenvalue weighted by atomic mass is 35.5. The van der Waals surface area contributed by atoms with Gasteiger partial charge in [0.25, 0.3) is 0 Å².